The van der Waals surface area contributed by atoms with E-state index in [9.17, 15) is 9.59 Å². The highest BCUT2D eigenvalue weighted by Gasteiger charge is 2.23. The number of benzene rings is 3. The highest BCUT2D eigenvalue weighted by atomic mass is 16.6. The fraction of sp³-hybridized carbons (Fsp3) is 0.310. The van der Waals surface area contributed by atoms with E-state index < -0.39 is 6.09 Å². The summed E-state index contributed by atoms with van der Waals surface area (Å²) >= 11 is 0. The average Bonchev–Trinajstić information content (AvgIpc) is 2.93. The van der Waals surface area contributed by atoms with E-state index in [-0.39, 0.29) is 12.0 Å². The molecule has 188 valence electrons. The van der Waals surface area contributed by atoms with Crippen molar-refractivity contribution in [3.8, 4) is 11.1 Å². The molecular weight excluding hydrogens is 452 g/mol. The molecule has 1 heterocycles. The Morgan fingerprint density at radius 1 is 0.972 bits per heavy atom. The number of para-hydroxylation sites is 1. The van der Waals surface area contributed by atoms with Crippen LogP contribution in [0.4, 0.5) is 10.5 Å². The number of ether oxygens (including phenoxy) is 1. The molecule has 4 rings (SSSR count). The Kier molecular flexibility index (Phi) is 8.71. The van der Waals surface area contributed by atoms with Gasteiger partial charge in [-0.2, -0.15) is 0 Å². The van der Waals surface area contributed by atoms with Crippen molar-refractivity contribution < 1.29 is 14.3 Å². The summed E-state index contributed by atoms with van der Waals surface area (Å²) in [4.78, 5) is 29.3. The van der Waals surface area contributed by atoms with Gasteiger partial charge in [0.1, 0.15) is 6.10 Å². The third kappa shape index (κ3) is 6.71. The van der Waals surface area contributed by atoms with Gasteiger partial charge in [0.15, 0.2) is 0 Å². The molecule has 0 aromatic heterocycles. The van der Waals surface area contributed by atoms with E-state index in [1.165, 1.54) is 0 Å². The van der Waals surface area contributed by atoms with E-state index in [0.29, 0.717) is 18.7 Å². The molecule has 0 radical (unpaired) electrons. The number of hydrogen-bond acceptors (Lipinski definition) is 5. The standard InChI is InChI=1S/C29H34N4O3/c1-32(28(34)24-13-11-22(21-30)12-14-24)19-20-33-17-15-25(16-18-33)36-29(35)31-27-10-6-5-9-26(27)23-7-3-2-4-8-23/h2-14,25H,15-21,30H2,1H3,(H,31,35). The van der Waals surface area contributed by atoms with Gasteiger partial charge in [-0.15, -0.1) is 0 Å². The first kappa shape index (κ1) is 25.4. The third-order valence-electron chi connectivity index (χ3n) is 6.59. The topological polar surface area (TPSA) is 87.9 Å². The lowest BCUT2D eigenvalue weighted by molar-refractivity contribution is 0.0540. The average molecular weight is 487 g/mol. The van der Waals surface area contributed by atoms with Crippen molar-refractivity contribution in [2.45, 2.75) is 25.5 Å². The quantitative estimate of drug-likeness (QED) is 0.486. The fourth-order valence-electron chi connectivity index (χ4n) is 4.40. The van der Waals surface area contributed by atoms with Gasteiger partial charge in [-0.25, -0.2) is 4.79 Å². The van der Waals surface area contributed by atoms with Crippen molar-refractivity contribution >= 4 is 17.7 Å². The number of carbonyl (C=O) groups excluding carboxylic acids is 2. The zero-order valence-corrected chi connectivity index (χ0v) is 20.7. The van der Waals surface area contributed by atoms with Gasteiger partial charge >= 0.3 is 6.09 Å². The minimum absolute atomic E-state index is 0.00393. The summed E-state index contributed by atoms with van der Waals surface area (Å²) in [6.07, 6.45) is 0.992. The van der Waals surface area contributed by atoms with Crippen molar-refractivity contribution in [3.05, 3.63) is 90.0 Å². The van der Waals surface area contributed by atoms with Gasteiger partial charge in [-0.3, -0.25) is 10.1 Å². The molecule has 0 bridgehead atoms. The van der Waals surface area contributed by atoms with Crippen LogP contribution in [0.3, 0.4) is 0 Å². The molecule has 0 spiro atoms. The fourth-order valence-corrected chi connectivity index (χ4v) is 4.40. The van der Waals surface area contributed by atoms with Crippen LogP contribution in [0.2, 0.25) is 0 Å². The Labute approximate surface area is 212 Å². The van der Waals surface area contributed by atoms with Gasteiger partial charge in [0.25, 0.3) is 5.91 Å². The number of hydrogen-bond donors (Lipinski definition) is 2. The number of likely N-dealkylation sites (tertiary alicyclic amines) is 1. The maximum absolute atomic E-state index is 12.7. The number of piperidine rings is 1. The van der Waals surface area contributed by atoms with Gasteiger partial charge in [0.2, 0.25) is 0 Å². The maximum atomic E-state index is 12.7. The van der Waals surface area contributed by atoms with Crippen LogP contribution in [0.15, 0.2) is 78.9 Å². The number of nitrogens with one attached hydrogen (secondary N) is 1. The van der Waals surface area contributed by atoms with E-state index in [0.717, 1.165) is 54.9 Å². The first-order valence-corrected chi connectivity index (χ1v) is 12.4. The largest absolute Gasteiger partial charge is 0.446 e. The third-order valence-corrected chi connectivity index (χ3v) is 6.59. The molecule has 0 unspecified atom stereocenters. The van der Waals surface area contributed by atoms with Crippen LogP contribution in [0.25, 0.3) is 11.1 Å². The summed E-state index contributed by atoms with van der Waals surface area (Å²) in [5.74, 6) is 0.00393. The van der Waals surface area contributed by atoms with E-state index in [2.05, 4.69) is 10.2 Å². The van der Waals surface area contributed by atoms with Crippen LogP contribution in [-0.2, 0) is 11.3 Å². The normalized spacial score (nSPS) is 14.3. The Hall–Kier alpha value is -3.68. The molecule has 0 atom stereocenters. The zero-order valence-electron chi connectivity index (χ0n) is 20.7. The molecule has 7 nitrogen and oxygen atoms in total. The molecule has 1 fully saturated rings. The van der Waals surface area contributed by atoms with Crippen LogP contribution in [0.1, 0.15) is 28.8 Å². The van der Waals surface area contributed by atoms with Crippen molar-refractivity contribution in [1.82, 2.24) is 9.80 Å². The van der Waals surface area contributed by atoms with Crippen LogP contribution in [-0.4, -0.2) is 61.1 Å². The van der Waals surface area contributed by atoms with E-state index in [1.807, 2.05) is 85.9 Å². The Morgan fingerprint density at radius 3 is 2.33 bits per heavy atom. The lowest BCUT2D eigenvalue weighted by Gasteiger charge is -2.32. The molecule has 2 amide bonds. The summed E-state index contributed by atoms with van der Waals surface area (Å²) in [5.41, 5.74) is 10.0. The Morgan fingerprint density at radius 2 is 1.64 bits per heavy atom. The lowest BCUT2D eigenvalue weighted by Crippen LogP contribution is -2.42. The number of nitrogens with two attached hydrogens (primary N) is 1. The lowest BCUT2D eigenvalue weighted by atomic mass is 10.0. The van der Waals surface area contributed by atoms with Gasteiger partial charge < -0.3 is 20.3 Å². The van der Waals surface area contributed by atoms with Crippen LogP contribution in [0.5, 0.6) is 0 Å². The van der Waals surface area contributed by atoms with Crippen molar-refractivity contribution in [3.63, 3.8) is 0 Å². The van der Waals surface area contributed by atoms with Crippen LogP contribution in [0, 0.1) is 0 Å². The van der Waals surface area contributed by atoms with Gasteiger partial charge in [0, 0.05) is 50.9 Å². The molecule has 0 aliphatic carbocycles. The molecule has 1 saturated heterocycles. The second kappa shape index (κ2) is 12.3. The minimum Gasteiger partial charge on any atom is -0.446 e. The predicted octanol–water partition coefficient (Wildman–Crippen LogP) is 4.60. The summed E-state index contributed by atoms with van der Waals surface area (Å²) in [6, 6.07) is 25.1. The first-order valence-electron chi connectivity index (χ1n) is 12.4. The van der Waals surface area contributed by atoms with Gasteiger partial charge in [-0.1, -0.05) is 60.7 Å². The van der Waals surface area contributed by atoms with E-state index >= 15 is 0 Å². The molecule has 0 saturated carbocycles. The molecule has 1 aliphatic heterocycles. The molecule has 3 aromatic rings. The summed E-state index contributed by atoms with van der Waals surface area (Å²) < 4.78 is 5.72. The predicted molar refractivity (Wildman–Crippen MR) is 143 cm³/mol. The molecule has 3 aromatic carbocycles. The van der Waals surface area contributed by atoms with Crippen LogP contribution >= 0.6 is 0 Å². The first-order chi connectivity index (χ1) is 17.5. The molecular formula is C29H34N4O3. The van der Waals surface area contributed by atoms with Crippen molar-refractivity contribution in [2.24, 2.45) is 5.73 Å². The van der Waals surface area contributed by atoms with Crippen molar-refractivity contribution in [2.75, 3.05) is 38.5 Å². The monoisotopic (exact) mass is 486 g/mol. The molecule has 7 heteroatoms. The van der Waals surface area contributed by atoms with Gasteiger partial charge in [0.05, 0.1) is 5.69 Å². The second-order valence-electron chi connectivity index (χ2n) is 9.11. The van der Waals surface area contributed by atoms with E-state index in [4.69, 9.17) is 10.5 Å². The van der Waals surface area contributed by atoms with Crippen molar-refractivity contribution in [1.29, 1.82) is 0 Å². The summed E-state index contributed by atoms with van der Waals surface area (Å²) in [6.45, 7) is 3.54. The number of nitrogens with zero attached hydrogens (tertiary/aromatic N) is 2. The summed E-state index contributed by atoms with van der Waals surface area (Å²) in [7, 11) is 1.83. The number of carbonyl (C=O) groups is 2. The highest BCUT2D eigenvalue weighted by Crippen LogP contribution is 2.28. The van der Waals surface area contributed by atoms with Crippen LogP contribution < -0.4 is 11.1 Å². The molecule has 36 heavy (non-hydrogen) atoms. The second-order valence-corrected chi connectivity index (χ2v) is 9.11. The zero-order chi connectivity index (χ0) is 25.3. The molecule has 3 N–H and O–H groups in total. The number of amides is 2. The minimum atomic E-state index is -0.428. The highest BCUT2D eigenvalue weighted by molar-refractivity contribution is 5.94. The smallest absolute Gasteiger partial charge is 0.411 e. The molecule has 1 aliphatic rings. The number of likely N-dealkylation sites (N-methyl/N-ethyl adjacent to an activating group) is 1. The Balaban J connectivity index is 1.21. The van der Waals surface area contributed by atoms with E-state index in [1.54, 1.807) is 4.90 Å². The summed E-state index contributed by atoms with van der Waals surface area (Å²) in [5, 5.41) is 2.92. The van der Waals surface area contributed by atoms with Gasteiger partial charge in [-0.05, 0) is 42.2 Å². The Bertz CT molecular complexity index is 1140. The number of anilines is 1. The SMILES string of the molecule is CN(CCN1CCC(OC(=O)Nc2ccccc2-c2ccccc2)CC1)C(=O)c1ccc(CN)cc1. The number of rotatable bonds is 8. The maximum Gasteiger partial charge on any atom is 0.411 e.